The number of nitrogens with one attached hydrogen (secondary N) is 1. The number of hydrogen-bond acceptors (Lipinski definition) is 2. The molecule has 0 saturated carbocycles. The molecule has 1 aliphatic heterocycles. The first-order valence-corrected chi connectivity index (χ1v) is 5.93. The molecule has 0 bridgehead atoms. The summed E-state index contributed by atoms with van der Waals surface area (Å²) in [5.41, 5.74) is 2.26. The second-order valence-electron chi connectivity index (χ2n) is 3.81. The van der Waals surface area contributed by atoms with Gasteiger partial charge in [-0.1, -0.05) is 6.42 Å². The number of hydrogen-bond donors (Lipinski definition) is 1. The highest BCUT2D eigenvalue weighted by Gasteiger charge is 2.15. The zero-order chi connectivity index (χ0) is 9.97. The lowest BCUT2D eigenvalue weighted by Gasteiger charge is -2.23. The second kappa shape index (κ2) is 4.41. The highest BCUT2D eigenvalue weighted by molar-refractivity contribution is 9.10. The molecule has 0 amide bonds. The smallest absolute Gasteiger partial charge is 0.0577 e. The lowest BCUT2D eigenvalue weighted by Crippen LogP contribution is -2.27. The quantitative estimate of drug-likeness (QED) is 0.834. The van der Waals surface area contributed by atoms with Gasteiger partial charge in [-0.2, -0.15) is 0 Å². The monoisotopic (exact) mass is 254 g/mol. The third-order valence-corrected chi connectivity index (χ3v) is 3.55. The molecule has 1 atom stereocenters. The average Bonchev–Trinajstić information content (AvgIpc) is 2.23. The van der Waals surface area contributed by atoms with Gasteiger partial charge in [0.15, 0.2) is 0 Å². The van der Waals surface area contributed by atoms with Crippen molar-refractivity contribution in [1.82, 2.24) is 10.3 Å². The number of pyridine rings is 1. The highest BCUT2D eigenvalue weighted by atomic mass is 79.9. The van der Waals surface area contributed by atoms with Crippen LogP contribution in [0.15, 0.2) is 16.6 Å². The molecule has 0 aliphatic carbocycles. The third-order valence-electron chi connectivity index (χ3n) is 2.71. The molecule has 2 rings (SSSR count). The molecular formula is C11H15BrN2. The number of aryl methyl sites for hydroxylation is 1. The van der Waals surface area contributed by atoms with Gasteiger partial charge < -0.3 is 5.32 Å². The lowest BCUT2D eigenvalue weighted by atomic mass is 10.0. The Morgan fingerprint density at radius 3 is 2.93 bits per heavy atom. The Kier molecular flexibility index (Phi) is 3.19. The van der Waals surface area contributed by atoms with E-state index >= 15 is 0 Å². The van der Waals surface area contributed by atoms with Crippen LogP contribution in [0.2, 0.25) is 0 Å². The van der Waals surface area contributed by atoms with Gasteiger partial charge in [0.1, 0.15) is 0 Å². The van der Waals surface area contributed by atoms with Crippen molar-refractivity contribution in [2.75, 3.05) is 6.54 Å². The van der Waals surface area contributed by atoms with E-state index in [2.05, 4.69) is 38.4 Å². The predicted molar refractivity (Wildman–Crippen MR) is 61.3 cm³/mol. The molecule has 0 radical (unpaired) electrons. The number of nitrogens with zero attached hydrogens (tertiary/aromatic N) is 1. The molecule has 1 aromatic heterocycles. The number of piperidine rings is 1. The van der Waals surface area contributed by atoms with Gasteiger partial charge in [0.05, 0.1) is 11.4 Å². The predicted octanol–water partition coefficient (Wildman–Crippen LogP) is 2.97. The minimum absolute atomic E-state index is 0.468. The molecule has 0 spiro atoms. The summed E-state index contributed by atoms with van der Waals surface area (Å²) in [6, 6.07) is 4.67. The first-order valence-electron chi connectivity index (χ1n) is 5.14. The Hall–Kier alpha value is -0.410. The van der Waals surface area contributed by atoms with E-state index in [-0.39, 0.29) is 0 Å². The standard InChI is InChI=1S/C11H15BrN2/c1-8-9(12)5-6-11(14-8)10-4-2-3-7-13-10/h5-6,10,13H,2-4,7H2,1H3/t10-/m0/s1. The fraction of sp³-hybridized carbons (Fsp3) is 0.545. The van der Waals surface area contributed by atoms with Crippen molar-refractivity contribution in [2.24, 2.45) is 0 Å². The zero-order valence-corrected chi connectivity index (χ0v) is 9.97. The summed E-state index contributed by atoms with van der Waals surface area (Å²) in [6.07, 6.45) is 3.83. The van der Waals surface area contributed by atoms with E-state index in [1.807, 2.05) is 6.92 Å². The topological polar surface area (TPSA) is 24.9 Å². The van der Waals surface area contributed by atoms with E-state index < -0.39 is 0 Å². The van der Waals surface area contributed by atoms with Crippen LogP contribution in [0.1, 0.15) is 36.7 Å². The van der Waals surface area contributed by atoms with E-state index in [9.17, 15) is 0 Å². The Morgan fingerprint density at radius 1 is 1.43 bits per heavy atom. The molecule has 1 saturated heterocycles. The van der Waals surface area contributed by atoms with Crippen LogP contribution in [-0.4, -0.2) is 11.5 Å². The molecule has 76 valence electrons. The Bertz CT molecular complexity index is 319. The van der Waals surface area contributed by atoms with Gasteiger partial charge >= 0.3 is 0 Å². The van der Waals surface area contributed by atoms with Gasteiger partial charge in [-0.3, -0.25) is 4.98 Å². The Labute approximate surface area is 93.3 Å². The summed E-state index contributed by atoms with van der Waals surface area (Å²) in [6.45, 7) is 3.16. The van der Waals surface area contributed by atoms with E-state index in [4.69, 9.17) is 0 Å². The number of aromatic nitrogens is 1. The number of halogens is 1. The normalized spacial score (nSPS) is 22.3. The zero-order valence-electron chi connectivity index (χ0n) is 8.39. The minimum atomic E-state index is 0.468. The van der Waals surface area contributed by atoms with Crippen LogP contribution in [0.5, 0.6) is 0 Å². The van der Waals surface area contributed by atoms with Crippen molar-refractivity contribution >= 4 is 15.9 Å². The summed E-state index contributed by atoms with van der Waals surface area (Å²) in [7, 11) is 0. The van der Waals surface area contributed by atoms with Crippen LogP contribution in [0.3, 0.4) is 0 Å². The maximum Gasteiger partial charge on any atom is 0.0577 e. The van der Waals surface area contributed by atoms with Crippen LogP contribution >= 0.6 is 15.9 Å². The summed E-state index contributed by atoms with van der Waals surface area (Å²) in [5.74, 6) is 0. The second-order valence-corrected chi connectivity index (χ2v) is 4.66. The van der Waals surface area contributed by atoms with Crippen LogP contribution in [0.25, 0.3) is 0 Å². The molecule has 1 N–H and O–H groups in total. The van der Waals surface area contributed by atoms with Crippen molar-refractivity contribution in [3.63, 3.8) is 0 Å². The van der Waals surface area contributed by atoms with Gasteiger partial charge in [-0.25, -0.2) is 0 Å². The summed E-state index contributed by atoms with van der Waals surface area (Å²) in [4.78, 5) is 4.59. The van der Waals surface area contributed by atoms with E-state index in [0.29, 0.717) is 6.04 Å². The molecule has 14 heavy (non-hydrogen) atoms. The fourth-order valence-corrected chi connectivity index (χ4v) is 2.08. The van der Waals surface area contributed by atoms with E-state index in [0.717, 1.165) is 16.7 Å². The van der Waals surface area contributed by atoms with Crippen molar-refractivity contribution in [3.05, 3.63) is 28.0 Å². The largest absolute Gasteiger partial charge is 0.309 e. The average molecular weight is 255 g/mol. The van der Waals surface area contributed by atoms with E-state index in [1.165, 1.54) is 25.0 Å². The van der Waals surface area contributed by atoms with Gasteiger partial charge in [-0.15, -0.1) is 0 Å². The first kappa shape index (κ1) is 10.1. The van der Waals surface area contributed by atoms with Crippen molar-refractivity contribution in [1.29, 1.82) is 0 Å². The van der Waals surface area contributed by atoms with Crippen molar-refractivity contribution < 1.29 is 0 Å². The maximum absolute atomic E-state index is 4.59. The Balaban J connectivity index is 2.18. The van der Waals surface area contributed by atoms with Gasteiger partial charge in [0.2, 0.25) is 0 Å². The fourth-order valence-electron chi connectivity index (χ4n) is 1.86. The van der Waals surface area contributed by atoms with Crippen LogP contribution in [0, 0.1) is 6.92 Å². The summed E-state index contributed by atoms with van der Waals surface area (Å²) in [5, 5.41) is 3.50. The van der Waals surface area contributed by atoms with Crippen molar-refractivity contribution in [2.45, 2.75) is 32.2 Å². The molecule has 1 aliphatic rings. The highest BCUT2D eigenvalue weighted by Crippen LogP contribution is 2.23. The molecular weight excluding hydrogens is 240 g/mol. The molecule has 1 fully saturated rings. The van der Waals surface area contributed by atoms with E-state index in [1.54, 1.807) is 0 Å². The van der Waals surface area contributed by atoms with Gasteiger partial charge in [0.25, 0.3) is 0 Å². The molecule has 3 heteroatoms. The van der Waals surface area contributed by atoms with Gasteiger partial charge in [0, 0.05) is 10.5 Å². The van der Waals surface area contributed by atoms with Crippen molar-refractivity contribution in [3.8, 4) is 0 Å². The first-order chi connectivity index (χ1) is 6.77. The lowest BCUT2D eigenvalue weighted by molar-refractivity contribution is 0.405. The molecule has 1 aromatic rings. The number of rotatable bonds is 1. The summed E-state index contributed by atoms with van der Waals surface area (Å²) < 4.78 is 1.09. The van der Waals surface area contributed by atoms with Crippen LogP contribution in [0.4, 0.5) is 0 Å². The van der Waals surface area contributed by atoms with Crippen LogP contribution < -0.4 is 5.32 Å². The maximum atomic E-state index is 4.59. The van der Waals surface area contributed by atoms with Gasteiger partial charge in [-0.05, 0) is 54.4 Å². The third kappa shape index (κ3) is 2.15. The summed E-state index contributed by atoms with van der Waals surface area (Å²) >= 11 is 3.47. The molecule has 0 unspecified atom stereocenters. The molecule has 0 aromatic carbocycles. The van der Waals surface area contributed by atoms with Crippen LogP contribution in [-0.2, 0) is 0 Å². The SMILES string of the molecule is Cc1nc([C@@H]2CCCCN2)ccc1Br. The minimum Gasteiger partial charge on any atom is -0.309 e. The molecule has 2 nitrogen and oxygen atoms in total. The molecule has 2 heterocycles. The Morgan fingerprint density at radius 2 is 2.29 bits per heavy atom.